The maximum Gasteiger partial charge on any atom is 0.265 e. The van der Waals surface area contributed by atoms with Gasteiger partial charge in [-0.05, 0) is 12.5 Å². The van der Waals surface area contributed by atoms with Gasteiger partial charge in [-0.2, -0.15) is 0 Å². The van der Waals surface area contributed by atoms with Gasteiger partial charge in [0.15, 0.2) is 5.13 Å². The summed E-state index contributed by atoms with van der Waals surface area (Å²) in [5.41, 5.74) is 8.02. The van der Waals surface area contributed by atoms with Crippen LogP contribution in [0.4, 0.5) is 10.9 Å². The van der Waals surface area contributed by atoms with Crippen LogP contribution in [-0.4, -0.2) is 25.0 Å². The molecule has 1 heterocycles. The van der Waals surface area contributed by atoms with Gasteiger partial charge >= 0.3 is 0 Å². The second-order valence-corrected chi connectivity index (χ2v) is 5.75. The van der Waals surface area contributed by atoms with Crippen molar-refractivity contribution in [3.63, 3.8) is 0 Å². The normalized spacial score (nSPS) is 10.3. The summed E-state index contributed by atoms with van der Waals surface area (Å²) in [6.07, 6.45) is 0. The van der Waals surface area contributed by atoms with Gasteiger partial charge in [0.25, 0.3) is 5.91 Å². The number of carbonyl (C=O) groups is 1. The highest BCUT2D eigenvalue weighted by Gasteiger charge is 2.16. The van der Waals surface area contributed by atoms with Crippen molar-refractivity contribution >= 4 is 28.2 Å². The second-order valence-electron chi connectivity index (χ2n) is 4.78. The van der Waals surface area contributed by atoms with Crippen molar-refractivity contribution in [2.75, 3.05) is 24.7 Å². The van der Waals surface area contributed by atoms with Crippen LogP contribution in [-0.2, 0) is 6.54 Å². The Labute approximate surface area is 122 Å². The molecule has 0 bridgehead atoms. The van der Waals surface area contributed by atoms with Crippen molar-refractivity contribution in [1.82, 2.24) is 10.3 Å². The van der Waals surface area contributed by atoms with Crippen molar-refractivity contribution in [3.8, 4) is 0 Å². The van der Waals surface area contributed by atoms with Crippen molar-refractivity contribution < 1.29 is 4.79 Å². The van der Waals surface area contributed by atoms with Gasteiger partial charge in [-0.1, -0.05) is 41.2 Å². The predicted molar refractivity (Wildman–Crippen MR) is 83.2 cm³/mol. The molecule has 2 aromatic rings. The van der Waals surface area contributed by atoms with Crippen LogP contribution in [0.1, 0.15) is 20.8 Å². The monoisotopic (exact) mass is 290 g/mol. The number of carbonyl (C=O) groups excluding carboxylic acids is 1. The molecule has 5 nitrogen and oxygen atoms in total. The summed E-state index contributed by atoms with van der Waals surface area (Å²) in [5, 5.41) is 3.59. The summed E-state index contributed by atoms with van der Waals surface area (Å²) in [4.78, 5) is 18.6. The Hall–Kier alpha value is -2.08. The third-order valence-electron chi connectivity index (χ3n) is 2.77. The number of anilines is 2. The molecule has 0 aliphatic carbocycles. The molecule has 2 rings (SSSR count). The number of amides is 1. The van der Waals surface area contributed by atoms with E-state index in [1.807, 2.05) is 50.2 Å². The zero-order valence-electron chi connectivity index (χ0n) is 11.8. The van der Waals surface area contributed by atoms with E-state index in [1.54, 1.807) is 0 Å². The fraction of sp³-hybridized carbons (Fsp3) is 0.286. The van der Waals surface area contributed by atoms with Crippen LogP contribution < -0.4 is 16.0 Å². The Balaban J connectivity index is 2.05. The summed E-state index contributed by atoms with van der Waals surface area (Å²) < 4.78 is 0. The van der Waals surface area contributed by atoms with E-state index in [0.717, 1.165) is 10.7 Å². The fourth-order valence-corrected chi connectivity index (χ4v) is 2.58. The maximum atomic E-state index is 12.1. The van der Waals surface area contributed by atoms with Gasteiger partial charge in [0.2, 0.25) is 0 Å². The summed E-state index contributed by atoms with van der Waals surface area (Å²) in [6.45, 7) is 2.50. The van der Waals surface area contributed by atoms with Crippen LogP contribution in [0.2, 0.25) is 0 Å². The molecule has 0 saturated heterocycles. The molecule has 3 N–H and O–H groups in total. The zero-order chi connectivity index (χ0) is 14.7. The topological polar surface area (TPSA) is 71.2 Å². The molecule has 1 aromatic carbocycles. The molecule has 0 spiro atoms. The molecule has 0 aliphatic heterocycles. The van der Waals surface area contributed by atoms with E-state index < -0.39 is 0 Å². The third-order valence-corrected chi connectivity index (χ3v) is 4.00. The van der Waals surface area contributed by atoms with E-state index in [2.05, 4.69) is 10.3 Å². The number of aryl methyl sites for hydroxylation is 1. The Morgan fingerprint density at radius 2 is 2.20 bits per heavy atom. The van der Waals surface area contributed by atoms with Crippen LogP contribution in [0.3, 0.4) is 0 Å². The number of benzene rings is 1. The van der Waals surface area contributed by atoms with Crippen LogP contribution >= 0.6 is 11.3 Å². The average molecular weight is 290 g/mol. The molecule has 0 fully saturated rings. The van der Waals surface area contributed by atoms with E-state index in [0.29, 0.717) is 11.4 Å². The first kappa shape index (κ1) is 14.3. The highest BCUT2D eigenvalue weighted by Crippen LogP contribution is 2.26. The number of rotatable bonds is 4. The Kier molecular flexibility index (Phi) is 4.24. The van der Waals surface area contributed by atoms with Gasteiger partial charge in [0.05, 0.1) is 0 Å². The van der Waals surface area contributed by atoms with E-state index in [4.69, 9.17) is 5.73 Å². The first-order chi connectivity index (χ1) is 9.47. The minimum absolute atomic E-state index is 0.186. The molecule has 1 aromatic heterocycles. The summed E-state index contributed by atoms with van der Waals surface area (Å²) in [7, 11) is 3.74. The number of nitrogens with zero attached hydrogens (tertiary/aromatic N) is 2. The SMILES string of the molecule is Cc1cccc(CNC(=O)c2sc(N(C)C)nc2N)c1. The molecule has 20 heavy (non-hydrogen) atoms. The number of nitrogens with two attached hydrogens (primary N) is 1. The lowest BCUT2D eigenvalue weighted by molar-refractivity contribution is 0.0955. The van der Waals surface area contributed by atoms with E-state index in [9.17, 15) is 4.79 Å². The Morgan fingerprint density at radius 1 is 1.45 bits per heavy atom. The lowest BCUT2D eigenvalue weighted by atomic mass is 10.1. The molecule has 106 valence electrons. The number of nitrogen functional groups attached to an aromatic ring is 1. The first-order valence-electron chi connectivity index (χ1n) is 6.24. The molecular formula is C14H18N4OS. The maximum absolute atomic E-state index is 12.1. The summed E-state index contributed by atoms with van der Waals surface area (Å²) in [6, 6.07) is 8.02. The van der Waals surface area contributed by atoms with Crippen LogP contribution in [0.15, 0.2) is 24.3 Å². The largest absolute Gasteiger partial charge is 0.382 e. The van der Waals surface area contributed by atoms with Gasteiger partial charge in [0.1, 0.15) is 10.7 Å². The quantitative estimate of drug-likeness (QED) is 0.904. The van der Waals surface area contributed by atoms with Gasteiger partial charge in [-0.25, -0.2) is 4.98 Å². The molecule has 1 amide bonds. The van der Waals surface area contributed by atoms with Gasteiger partial charge in [-0.3, -0.25) is 4.79 Å². The van der Waals surface area contributed by atoms with Crippen LogP contribution in [0, 0.1) is 6.92 Å². The number of hydrogen-bond donors (Lipinski definition) is 2. The molecule has 0 saturated carbocycles. The molecule has 0 radical (unpaired) electrons. The molecule has 0 aliphatic rings. The zero-order valence-corrected chi connectivity index (χ0v) is 12.6. The number of aromatic nitrogens is 1. The van der Waals surface area contributed by atoms with Crippen molar-refractivity contribution in [2.45, 2.75) is 13.5 Å². The molecule has 6 heteroatoms. The predicted octanol–water partition coefficient (Wildman–Crippen LogP) is 2.03. The number of thiazole rings is 1. The number of nitrogens with one attached hydrogen (secondary N) is 1. The summed E-state index contributed by atoms with van der Waals surface area (Å²) >= 11 is 1.29. The fourth-order valence-electron chi connectivity index (χ4n) is 1.76. The lowest BCUT2D eigenvalue weighted by Crippen LogP contribution is -2.22. The van der Waals surface area contributed by atoms with Gasteiger partial charge < -0.3 is 16.0 Å². The van der Waals surface area contributed by atoms with Gasteiger partial charge in [0, 0.05) is 20.6 Å². The molecular weight excluding hydrogens is 272 g/mol. The molecule has 0 atom stereocenters. The van der Waals surface area contributed by atoms with E-state index in [-0.39, 0.29) is 11.7 Å². The summed E-state index contributed by atoms with van der Waals surface area (Å²) in [5.74, 6) is 0.0926. The average Bonchev–Trinajstić information content (AvgIpc) is 2.78. The first-order valence-corrected chi connectivity index (χ1v) is 7.06. The smallest absolute Gasteiger partial charge is 0.265 e. The lowest BCUT2D eigenvalue weighted by Gasteiger charge is -2.06. The minimum atomic E-state index is -0.186. The second kappa shape index (κ2) is 5.92. The third kappa shape index (κ3) is 3.27. The Morgan fingerprint density at radius 3 is 2.80 bits per heavy atom. The minimum Gasteiger partial charge on any atom is -0.382 e. The number of hydrogen-bond acceptors (Lipinski definition) is 5. The van der Waals surface area contributed by atoms with Crippen molar-refractivity contribution in [1.29, 1.82) is 0 Å². The van der Waals surface area contributed by atoms with Crippen molar-refractivity contribution in [3.05, 3.63) is 40.3 Å². The van der Waals surface area contributed by atoms with Crippen LogP contribution in [0.25, 0.3) is 0 Å². The van der Waals surface area contributed by atoms with E-state index >= 15 is 0 Å². The Bertz CT molecular complexity index is 621. The standard InChI is InChI=1S/C14H18N4OS/c1-9-5-4-6-10(7-9)8-16-13(19)11-12(15)17-14(20-11)18(2)3/h4-7H,8,15H2,1-3H3,(H,16,19). The van der Waals surface area contributed by atoms with E-state index in [1.165, 1.54) is 16.9 Å². The highest BCUT2D eigenvalue weighted by atomic mass is 32.1. The van der Waals surface area contributed by atoms with Gasteiger partial charge in [-0.15, -0.1) is 0 Å². The van der Waals surface area contributed by atoms with Crippen LogP contribution in [0.5, 0.6) is 0 Å². The highest BCUT2D eigenvalue weighted by molar-refractivity contribution is 7.18. The van der Waals surface area contributed by atoms with Crippen molar-refractivity contribution in [2.24, 2.45) is 0 Å². The molecule has 0 unspecified atom stereocenters.